The van der Waals surface area contributed by atoms with Crippen LogP contribution >= 0.6 is 0 Å². The molecule has 0 spiro atoms. The van der Waals surface area contributed by atoms with Crippen molar-refractivity contribution in [2.45, 2.75) is 6.92 Å². The van der Waals surface area contributed by atoms with Gasteiger partial charge in [-0.3, -0.25) is 4.90 Å². The fraction of sp³-hybridized carbons (Fsp3) is 0.421. The van der Waals surface area contributed by atoms with Gasteiger partial charge in [0, 0.05) is 38.4 Å². The fourth-order valence-electron chi connectivity index (χ4n) is 3.53. The van der Waals surface area contributed by atoms with Crippen LogP contribution in [-0.2, 0) is 9.53 Å². The molecule has 3 heterocycles. The normalized spacial score (nSPS) is 17.5. The minimum atomic E-state index is -0.402. The van der Waals surface area contributed by atoms with E-state index in [2.05, 4.69) is 36.0 Å². The molecule has 0 atom stereocenters. The average Bonchev–Trinajstić information content (AvgIpc) is 3.25. The van der Waals surface area contributed by atoms with Gasteiger partial charge in [0.05, 0.1) is 24.4 Å². The van der Waals surface area contributed by atoms with E-state index < -0.39 is 5.97 Å². The number of carbonyl (C=O) groups is 2. The van der Waals surface area contributed by atoms with Crippen molar-refractivity contribution in [3.8, 4) is 5.69 Å². The lowest BCUT2D eigenvalue weighted by molar-refractivity contribution is -0.138. The van der Waals surface area contributed by atoms with E-state index >= 15 is 0 Å². The highest BCUT2D eigenvalue weighted by Gasteiger charge is 2.27. The molecular formula is C19H24N8O3. The Hall–Kier alpha value is -3.47. The van der Waals surface area contributed by atoms with Crippen LogP contribution in [0.4, 0.5) is 10.7 Å². The van der Waals surface area contributed by atoms with Gasteiger partial charge >= 0.3 is 12.0 Å². The van der Waals surface area contributed by atoms with Gasteiger partial charge in [-0.2, -0.15) is 4.68 Å². The van der Waals surface area contributed by atoms with Crippen molar-refractivity contribution in [2.75, 3.05) is 50.8 Å². The molecule has 11 nitrogen and oxygen atoms in total. The van der Waals surface area contributed by atoms with Crippen LogP contribution in [0, 0.1) is 0 Å². The highest BCUT2D eigenvalue weighted by molar-refractivity contribution is 5.93. The number of hydrogen-bond acceptors (Lipinski definition) is 8. The van der Waals surface area contributed by atoms with E-state index in [1.54, 1.807) is 11.6 Å². The van der Waals surface area contributed by atoms with E-state index in [1.807, 2.05) is 30.3 Å². The first-order valence-electron chi connectivity index (χ1n) is 9.91. The molecule has 2 aliphatic rings. The Bertz CT molecular complexity index is 934. The number of carbonyl (C=O) groups excluding carboxylic acids is 2. The van der Waals surface area contributed by atoms with Crippen molar-refractivity contribution in [2.24, 2.45) is 0 Å². The van der Waals surface area contributed by atoms with Gasteiger partial charge in [-0.1, -0.05) is 23.3 Å². The van der Waals surface area contributed by atoms with Gasteiger partial charge in [0.15, 0.2) is 0 Å². The molecule has 0 bridgehead atoms. The van der Waals surface area contributed by atoms with Gasteiger partial charge < -0.3 is 20.3 Å². The van der Waals surface area contributed by atoms with E-state index in [4.69, 9.17) is 4.74 Å². The maximum Gasteiger partial charge on any atom is 0.337 e. The van der Waals surface area contributed by atoms with Gasteiger partial charge in [0.1, 0.15) is 0 Å². The predicted molar refractivity (Wildman–Crippen MR) is 108 cm³/mol. The summed E-state index contributed by atoms with van der Waals surface area (Å²) in [5.41, 5.74) is 1.97. The van der Waals surface area contributed by atoms with Crippen LogP contribution in [0.15, 0.2) is 41.6 Å². The van der Waals surface area contributed by atoms with E-state index in [9.17, 15) is 9.59 Å². The molecule has 1 aromatic carbocycles. The second-order valence-electron chi connectivity index (χ2n) is 6.97. The van der Waals surface area contributed by atoms with Crippen LogP contribution in [0.5, 0.6) is 0 Å². The number of para-hydroxylation sites is 1. The second-order valence-corrected chi connectivity index (χ2v) is 6.97. The number of rotatable bonds is 6. The van der Waals surface area contributed by atoms with E-state index in [0.29, 0.717) is 30.4 Å². The number of nitrogens with zero attached hydrogens (tertiary/aromatic N) is 6. The molecule has 1 fully saturated rings. The Morgan fingerprint density at radius 2 is 1.93 bits per heavy atom. The third kappa shape index (κ3) is 4.25. The first-order chi connectivity index (χ1) is 14.7. The molecule has 0 aliphatic carbocycles. The number of ether oxygens (including phenoxy) is 1. The Morgan fingerprint density at radius 3 is 2.67 bits per heavy atom. The van der Waals surface area contributed by atoms with E-state index in [0.717, 1.165) is 31.9 Å². The van der Waals surface area contributed by atoms with Gasteiger partial charge in [-0.05, 0) is 29.5 Å². The molecule has 0 saturated carbocycles. The number of piperazine rings is 1. The van der Waals surface area contributed by atoms with Gasteiger partial charge in [0.25, 0.3) is 0 Å². The maximum atomic E-state index is 12.2. The lowest BCUT2D eigenvalue weighted by Crippen LogP contribution is -2.51. The first-order valence-corrected chi connectivity index (χ1v) is 9.91. The summed E-state index contributed by atoms with van der Waals surface area (Å²) in [5, 5.41) is 17.5. The van der Waals surface area contributed by atoms with Gasteiger partial charge in [-0.15, -0.1) is 0 Å². The highest BCUT2D eigenvalue weighted by atomic mass is 16.5. The maximum absolute atomic E-state index is 12.2. The number of aromatic nitrogens is 4. The Labute approximate surface area is 173 Å². The quantitative estimate of drug-likeness (QED) is 0.633. The summed E-state index contributed by atoms with van der Waals surface area (Å²) in [7, 11) is 0. The third-order valence-corrected chi connectivity index (χ3v) is 5.07. The zero-order valence-corrected chi connectivity index (χ0v) is 16.7. The van der Waals surface area contributed by atoms with Crippen molar-refractivity contribution >= 4 is 17.9 Å². The van der Waals surface area contributed by atoms with Crippen molar-refractivity contribution in [3.63, 3.8) is 0 Å². The molecule has 2 aromatic rings. The smallest absolute Gasteiger partial charge is 0.337 e. The van der Waals surface area contributed by atoms with Crippen LogP contribution in [0.1, 0.15) is 6.92 Å². The topological polar surface area (TPSA) is 118 Å². The Morgan fingerprint density at radius 1 is 1.17 bits per heavy atom. The first kappa shape index (κ1) is 19.8. The van der Waals surface area contributed by atoms with Crippen LogP contribution in [0.25, 0.3) is 5.69 Å². The molecule has 0 unspecified atom stereocenters. The molecule has 0 radical (unpaired) electrons. The monoisotopic (exact) mass is 412 g/mol. The number of anilines is 1. The van der Waals surface area contributed by atoms with E-state index in [-0.39, 0.29) is 12.6 Å². The average molecular weight is 412 g/mol. The fourth-order valence-corrected chi connectivity index (χ4v) is 3.53. The Balaban J connectivity index is 1.42. The minimum absolute atomic E-state index is 0.172. The van der Waals surface area contributed by atoms with Crippen molar-refractivity contribution in [1.29, 1.82) is 0 Å². The largest absolute Gasteiger partial charge is 0.463 e. The summed E-state index contributed by atoms with van der Waals surface area (Å²) < 4.78 is 6.84. The number of hydrogen-bond donors (Lipinski definition) is 2. The molecular weight excluding hydrogens is 388 g/mol. The van der Waals surface area contributed by atoms with Crippen molar-refractivity contribution < 1.29 is 14.3 Å². The molecule has 30 heavy (non-hydrogen) atoms. The van der Waals surface area contributed by atoms with Gasteiger partial charge in [-0.25, -0.2) is 9.59 Å². The summed E-state index contributed by atoms with van der Waals surface area (Å²) in [6, 6.07) is 9.45. The molecule has 1 aromatic heterocycles. The lowest BCUT2D eigenvalue weighted by atomic mass is 10.1. The predicted octanol–water partition coefficient (Wildman–Crippen LogP) is -0.0857. The number of esters is 1. The standard InChI is InChI=1S/C19H24N8O3/c1-2-30-17(28)15-12-20-18(29)21-16(15)13-25-8-10-26(11-9-25)19-22-23-24-27(19)14-6-4-3-5-7-14/h3-7H,2,8-13H2,1H3,(H2,20,21,29). The molecule has 2 aliphatic heterocycles. The number of nitrogens with one attached hydrogen (secondary N) is 2. The van der Waals surface area contributed by atoms with Crippen LogP contribution < -0.4 is 15.5 Å². The van der Waals surface area contributed by atoms with Gasteiger partial charge in [0.2, 0.25) is 5.95 Å². The summed E-state index contributed by atoms with van der Waals surface area (Å²) in [4.78, 5) is 28.3. The summed E-state index contributed by atoms with van der Waals surface area (Å²) >= 11 is 0. The summed E-state index contributed by atoms with van der Waals surface area (Å²) in [6.07, 6.45) is 0. The summed E-state index contributed by atoms with van der Waals surface area (Å²) in [5.74, 6) is 0.295. The van der Waals surface area contributed by atoms with Crippen molar-refractivity contribution in [1.82, 2.24) is 35.7 Å². The highest BCUT2D eigenvalue weighted by Crippen LogP contribution is 2.18. The Kier molecular flexibility index (Phi) is 5.89. The van der Waals surface area contributed by atoms with Crippen LogP contribution in [0.3, 0.4) is 0 Å². The van der Waals surface area contributed by atoms with E-state index in [1.165, 1.54) is 0 Å². The molecule has 2 amide bonds. The molecule has 4 rings (SSSR count). The number of tetrazole rings is 1. The second kappa shape index (κ2) is 8.91. The summed E-state index contributed by atoms with van der Waals surface area (Å²) in [6.45, 7) is 5.62. The molecule has 158 valence electrons. The SMILES string of the molecule is CCOC(=O)C1=C(CN2CCN(c3nnnn3-c3ccccc3)CC2)NC(=O)NC1. The molecule has 2 N–H and O–H groups in total. The number of urea groups is 1. The lowest BCUT2D eigenvalue weighted by Gasteiger charge is -2.36. The zero-order chi connectivity index (χ0) is 20.9. The number of amides is 2. The van der Waals surface area contributed by atoms with Crippen molar-refractivity contribution in [3.05, 3.63) is 41.6 Å². The molecule has 11 heteroatoms. The number of benzene rings is 1. The van der Waals surface area contributed by atoms with Crippen LogP contribution in [-0.4, -0.2) is 83.0 Å². The third-order valence-electron chi connectivity index (χ3n) is 5.07. The minimum Gasteiger partial charge on any atom is -0.463 e. The molecule has 1 saturated heterocycles. The van der Waals surface area contributed by atoms with Crippen LogP contribution in [0.2, 0.25) is 0 Å². The zero-order valence-electron chi connectivity index (χ0n) is 16.7.